The van der Waals surface area contributed by atoms with Crippen LogP contribution < -0.4 is 30.0 Å². The summed E-state index contributed by atoms with van der Waals surface area (Å²) in [6.07, 6.45) is 5.92. The number of rotatable bonds is 10. The van der Waals surface area contributed by atoms with Crippen LogP contribution in [0.25, 0.3) is 22.0 Å². The summed E-state index contributed by atoms with van der Waals surface area (Å²) in [5.74, 6) is 1.91. The number of pyridine rings is 1. The van der Waals surface area contributed by atoms with Crippen molar-refractivity contribution < 1.29 is 28.6 Å². The van der Waals surface area contributed by atoms with Crippen LogP contribution in [-0.4, -0.2) is 102 Å². The van der Waals surface area contributed by atoms with Crippen LogP contribution in [0.5, 0.6) is 17.2 Å². The van der Waals surface area contributed by atoms with Crippen molar-refractivity contribution in [1.29, 1.82) is 0 Å². The zero-order valence-corrected chi connectivity index (χ0v) is 29.9. The molecular formula is C38H45N7O7. The van der Waals surface area contributed by atoms with Gasteiger partial charge < -0.3 is 28.6 Å². The Morgan fingerprint density at radius 1 is 0.923 bits per heavy atom. The lowest BCUT2D eigenvalue weighted by Gasteiger charge is -2.37. The van der Waals surface area contributed by atoms with E-state index in [4.69, 9.17) is 14.2 Å². The number of aromatic amines is 1. The molecule has 7 rings (SSSR count). The minimum Gasteiger partial charge on any atom is -0.496 e. The minimum absolute atomic E-state index is 0.143. The quantitative estimate of drug-likeness (QED) is 0.235. The lowest BCUT2D eigenvalue weighted by molar-refractivity contribution is -0.139. The van der Waals surface area contributed by atoms with Crippen LogP contribution in [0.15, 0.2) is 53.6 Å². The average molecular weight is 712 g/mol. The predicted molar refractivity (Wildman–Crippen MR) is 195 cm³/mol. The molecule has 1 atom stereocenters. The van der Waals surface area contributed by atoms with Crippen LogP contribution >= 0.6 is 0 Å². The molecule has 14 heteroatoms. The van der Waals surface area contributed by atoms with Crippen molar-refractivity contribution in [3.8, 4) is 28.4 Å². The standard InChI is InChI=1S/C38H45N7O7/c1-42-22-29(28-21-39-41-36(28)38(42)49)25-19-32(50-2)30(33(20-25)51-3)23-43-14-16-45(17-15-43)35(47)18-24-10-12-44(13-11-24)26-4-6-27(7-5-26)52-31-8-9-34(46)40-37(31)48/h4-7,19-22,24,31H,8-18,23H2,1-3H3,(H,39,41)(H,40,46,48). The van der Waals surface area contributed by atoms with E-state index in [1.54, 1.807) is 33.7 Å². The van der Waals surface area contributed by atoms with Gasteiger partial charge in [-0.05, 0) is 60.7 Å². The topological polar surface area (TPSA) is 151 Å². The summed E-state index contributed by atoms with van der Waals surface area (Å²) in [6, 6.07) is 11.7. The second-order valence-corrected chi connectivity index (χ2v) is 13.8. The largest absolute Gasteiger partial charge is 0.496 e. The molecule has 3 saturated heterocycles. The van der Waals surface area contributed by atoms with Gasteiger partial charge in [0.05, 0.1) is 26.0 Å². The molecule has 2 aromatic carbocycles. The fourth-order valence-electron chi connectivity index (χ4n) is 7.51. The lowest BCUT2D eigenvalue weighted by atomic mass is 9.92. The second kappa shape index (κ2) is 15.1. The highest BCUT2D eigenvalue weighted by Gasteiger charge is 2.30. The van der Waals surface area contributed by atoms with Crippen LogP contribution in [0.1, 0.15) is 37.7 Å². The molecule has 0 bridgehead atoms. The molecule has 3 amide bonds. The SMILES string of the molecule is COc1cc(-c2cn(C)c(=O)c3[nH]ncc23)cc(OC)c1CN1CCN(C(=O)CC2CCN(c3ccc(OC4CCC(=O)NC4=O)cc3)CC2)CC1. The highest BCUT2D eigenvalue weighted by Crippen LogP contribution is 2.38. The van der Waals surface area contributed by atoms with Gasteiger partial charge in [-0.15, -0.1) is 0 Å². The third-order valence-electron chi connectivity index (χ3n) is 10.6. The number of imide groups is 1. The van der Waals surface area contributed by atoms with E-state index in [0.717, 1.165) is 66.8 Å². The van der Waals surface area contributed by atoms with E-state index >= 15 is 0 Å². The molecule has 274 valence electrons. The number of aromatic nitrogens is 3. The van der Waals surface area contributed by atoms with Crippen molar-refractivity contribution in [3.63, 3.8) is 0 Å². The number of methoxy groups -OCH3 is 2. The first-order chi connectivity index (χ1) is 25.2. The number of fused-ring (bicyclic) bond motifs is 1. The van der Waals surface area contributed by atoms with E-state index in [2.05, 4.69) is 25.3 Å². The number of nitrogens with zero attached hydrogens (tertiary/aromatic N) is 5. The van der Waals surface area contributed by atoms with E-state index in [0.29, 0.717) is 61.2 Å². The van der Waals surface area contributed by atoms with Gasteiger partial charge in [0, 0.05) is 95.0 Å². The second-order valence-electron chi connectivity index (χ2n) is 13.8. The van der Waals surface area contributed by atoms with Crippen molar-refractivity contribution in [2.45, 2.75) is 44.8 Å². The Hall–Kier alpha value is -5.37. The summed E-state index contributed by atoms with van der Waals surface area (Å²) < 4.78 is 19.1. The van der Waals surface area contributed by atoms with Gasteiger partial charge >= 0.3 is 0 Å². The Balaban J connectivity index is 0.900. The first-order valence-corrected chi connectivity index (χ1v) is 17.8. The number of ether oxygens (including phenoxy) is 3. The van der Waals surface area contributed by atoms with Crippen molar-refractivity contribution in [3.05, 3.63) is 64.7 Å². The number of hydrogen-bond donors (Lipinski definition) is 2. The van der Waals surface area contributed by atoms with Gasteiger partial charge in [0.1, 0.15) is 22.8 Å². The molecule has 2 N–H and O–H groups in total. The number of piperazine rings is 1. The fraction of sp³-hybridized carbons (Fsp3) is 0.447. The van der Waals surface area contributed by atoms with Crippen LogP contribution in [0, 0.1) is 5.92 Å². The van der Waals surface area contributed by atoms with Crippen molar-refractivity contribution in [2.24, 2.45) is 13.0 Å². The molecule has 52 heavy (non-hydrogen) atoms. The van der Waals surface area contributed by atoms with Gasteiger partial charge in [0.15, 0.2) is 6.10 Å². The number of H-pyrrole nitrogens is 1. The van der Waals surface area contributed by atoms with Crippen LogP contribution in [0.3, 0.4) is 0 Å². The fourth-order valence-corrected chi connectivity index (χ4v) is 7.51. The van der Waals surface area contributed by atoms with Crippen molar-refractivity contribution in [2.75, 3.05) is 58.4 Å². The molecule has 3 fully saturated rings. The molecule has 4 aromatic rings. The molecular weight excluding hydrogens is 666 g/mol. The number of aryl methyl sites for hydroxylation is 1. The van der Waals surface area contributed by atoms with Gasteiger partial charge in [0.2, 0.25) is 11.8 Å². The number of hydrogen-bond acceptors (Lipinski definition) is 10. The first kappa shape index (κ1) is 35.1. The molecule has 3 aliphatic rings. The number of carbonyl (C=O) groups excluding carboxylic acids is 3. The summed E-state index contributed by atoms with van der Waals surface area (Å²) in [5.41, 5.74) is 4.03. The third kappa shape index (κ3) is 7.33. The Morgan fingerprint density at radius 2 is 1.62 bits per heavy atom. The van der Waals surface area contributed by atoms with Crippen molar-refractivity contribution >= 4 is 34.3 Å². The molecule has 3 aliphatic heterocycles. The highest BCUT2D eigenvalue weighted by molar-refractivity contribution is 6.00. The van der Waals surface area contributed by atoms with E-state index in [9.17, 15) is 19.2 Å². The third-order valence-corrected chi connectivity index (χ3v) is 10.6. The zero-order valence-electron chi connectivity index (χ0n) is 29.9. The molecule has 0 saturated carbocycles. The summed E-state index contributed by atoms with van der Waals surface area (Å²) >= 11 is 0. The molecule has 14 nitrogen and oxygen atoms in total. The minimum atomic E-state index is -0.653. The monoisotopic (exact) mass is 711 g/mol. The maximum absolute atomic E-state index is 13.4. The van der Waals surface area contributed by atoms with Gasteiger partial charge in [-0.3, -0.25) is 34.5 Å². The summed E-state index contributed by atoms with van der Waals surface area (Å²) in [4.78, 5) is 56.0. The Bertz CT molecular complexity index is 1980. The van der Waals surface area contributed by atoms with Gasteiger partial charge in [-0.25, -0.2) is 0 Å². The number of nitrogens with one attached hydrogen (secondary N) is 2. The Morgan fingerprint density at radius 3 is 2.27 bits per heavy atom. The molecule has 0 aliphatic carbocycles. The predicted octanol–water partition coefficient (Wildman–Crippen LogP) is 3.08. The van der Waals surface area contributed by atoms with E-state index in [1.807, 2.05) is 41.3 Å². The van der Waals surface area contributed by atoms with Crippen LogP contribution in [0.4, 0.5) is 5.69 Å². The molecule has 1 unspecified atom stereocenters. The smallest absolute Gasteiger partial charge is 0.276 e. The number of benzene rings is 2. The normalized spacial score (nSPS) is 18.8. The molecule has 2 aromatic heterocycles. The van der Waals surface area contributed by atoms with Crippen LogP contribution in [0.2, 0.25) is 0 Å². The number of carbonyl (C=O) groups is 3. The molecule has 0 radical (unpaired) electrons. The van der Waals surface area contributed by atoms with E-state index in [1.165, 1.54) is 4.57 Å². The highest BCUT2D eigenvalue weighted by atomic mass is 16.5. The maximum atomic E-state index is 13.4. The number of anilines is 1. The maximum Gasteiger partial charge on any atom is 0.276 e. The summed E-state index contributed by atoms with van der Waals surface area (Å²) in [7, 11) is 5.01. The molecule has 5 heterocycles. The zero-order chi connectivity index (χ0) is 36.4. The summed E-state index contributed by atoms with van der Waals surface area (Å²) in [6.45, 7) is 5.20. The van der Waals surface area contributed by atoms with Gasteiger partial charge in [0.25, 0.3) is 11.5 Å². The van der Waals surface area contributed by atoms with Gasteiger partial charge in [-0.2, -0.15) is 5.10 Å². The summed E-state index contributed by atoms with van der Waals surface area (Å²) in [5, 5.41) is 9.97. The van der Waals surface area contributed by atoms with Crippen LogP contribution in [-0.2, 0) is 28.0 Å². The Labute approximate surface area is 301 Å². The Kier molecular flexibility index (Phi) is 10.2. The first-order valence-electron chi connectivity index (χ1n) is 17.8. The lowest BCUT2D eigenvalue weighted by Crippen LogP contribution is -2.49. The van der Waals surface area contributed by atoms with E-state index in [-0.39, 0.29) is 29.7 Å². The number of piperidine rings is 2. The average Bonchev–Trinajstić information content (AvgIpc) is 3.66. The van der Waals surface area contributed by atoms with Gasteiger partial charge in [-0.1, -0.05) is 0 Å². The van der Waals surface area contributed by atoms with Crippen molar-refractivity contribution in [1.82, 2.24) is 29.9 Å². The molecule has 0 spiro atoms. The number of amides is 3. The van der Waals surface area contributed by atoms with E-state index < -0.39 is 6.10 Å².